The molecular formula is C22H22FNO4. The fraction of sp³-hybridized carbons (Fsp3) is 0.273. The first-order valence-corrected chi connectivity index (χ1v) is 9.16. The molecule has 1 heterocycles. The molecule has 0 radical (unpaired) electrons. The summed E-state index contributed by atoms with van der Waals surface area (Å²) in [5, 5.41) is 10.9. The van der Waals surface area contributed by atoms with Gasteiger partial charge < -0.3 is 14.7 Å². The highest BCUT2D eigenvalue weighted by Crippen LogP contribution is 2.39. The molecule has 1 fully saturated rings. The third-order valence-corrected chi connectivity index (χ3v) is 4.82. The van der Waals surface area contributed by atoms with Crippen molar-refractivity contribution in [2.45, 2.75) is 25.8 Å². The lowest BCUT2D eigenvalue weighted by Gasteiger charge is -2.25. The molecule has 0 unspecified atom stereocenters. The van der Waals surface area contributed by atoms with Crippen LogP contribution in [0.2, 0.25) is 0 Å². The molecule has 2 aromatic rings. The number of aliphatic hydroxyl groups excluding tert-OH is 1. The highest BCUT2D eigenvalue weighted by molar-refractivity contribution is 6.46. The van der Waals surface area contributed by atoms with Crippen LogP contribution in [0.5, 0.6) is 5.75 Å². The molecule has 1 aliphatic heterocycles. The molecule has 5 nitrogen and oxygen atoms in total. The summed E-state index contributed by atoms with van der Waals surface area (Å²) in [6.07, 6.45) is 1.53. The highest BCUT2D eigenvalue weighted by atomic mass is 19.1. The smallest absolute Gasteiger partial charge is 0.295 e. The molecule has 3 rings (SSSR count). The SMILES string of the molecule is CCCCN1C(=O)C(=O)C(=C(O)c2ccc(OC)cc2)[C@H]1c1cccc(F)c1. The maximum Gasteiger partial charge on any atom is 0.295 e. The van der Waals surface area contributed by atoms with E-state index in [1.54, 1.807) is 30.3 Å². The van der Waals surface area contributed by atoms with Crippen molar-refractivity contribution >= 4 is 17.4 Å². The van der Waals surface area contributed by atoms with Crippen LogP contribution in [0.25, 0.3) is 5.76 Å². The van der Waals surface area contributed by atoms with Crippen LogP contribution < -0.4 is 4.74 Å². The van der Waals surface area contributed by atoms with Crippen molar-refractivity contribution in [1.82, 2.24) is 4.90 Å². The van der Waals surface area contributed by atoms with Crippen LogP contribution in [-0.4, -0.2) is 35.4 Å². The predicted molar refractivity (Wildman–Crippen MR) is 103 cm³/mol. The molecule has 28 heavy (non-hydrogen) atoms. The number of carbonyl (C=O) groups excluding carboxylic acids is 2. The number of hydrogen-bond acceptors (Lipinski definition) is 4. The first-order chi connectivity index (χ1) is 13.5. The lowest BCUT2D eigenvalue weighted by atomic mass is 9.95. The van der Waals surface area contributed by atoms with Gasteiger partial charge in [-0.05, 0) is 48.4 Å². The Labute approximate surface area is 163 Å². The predicted octanol–water partition coefficient (Wildman–Crippen LogP) is 4.06. The molecule has 2 aromatic carbocycles. The Hall–Kier alpha value is -3.15. The van der Waals surface area contributed by atoms with Gasteiger partial charge in [0, 0.05) is 12.1 Å². The monoisotopic (exact) mass is 383 g/mol. The van der Waals surface area contributed by atoms with Crippen molar-refractivity contribution in [3.05, 3.63) is 71.0 Å². The second-order valence-electron chi connectivity index (χ2n) is 6.63. The van der Waals surface area contributed by atoms with Crippen LogP contribution in [0.15, 0.2) is 54.1 Å². The Kier molecular flexibility index (Phi) is 5.78. The Balaban J connectivity index is 2.14. The zero-order valence-corrected chi connectivity index (χ0v) is 15.8. The van der Waals surface area contributed by atoms with E-state index in [9.17, 15) is 19.1 Å². The van der Waals surface area contributed by atoms with Gasteiger partial charge in [0.1, 0.15) is 17.3 Å². The van der Waals surface area contributed by atoms with E-state index in [4.69, 9.17) is 4.74 Å². The number of carbonyl (C=O) groups is 2. The van der Waals surface area contributed by atoms with Gasteiger partial charge in [0.15, 0.2) is 0 Å². The number of ketones is 1. The highest BCUT2D eigenvalue weighted by Gasteiger charge is 2.45. The van der Waals surface area contributed by atoms with Gasteiger partial charge in [-0.1, -0.05) is 25.5 Å². The van der Waals surface area contributed by atoms with Gasteiger partial charge in [0.05, 0.1) is 18.7 Å². The molecule has 146 valence electrons. The van der Waals surface area contributed by atoms with Crippen LogP contribution in [0.3, 0.4) is 0 Å². The molecule has 1 atom stereocenters. The van der Waals surface area contributed by atoms with E-state index >= 15 is 0 Å². The summed E-state index contributed by atoms with van der Waals surface area (Å²) in [4.78, 5) is 26.8. The fourth-order valence-corrected chi connectivity index (χ4v) is 3.37. The van der Waals surface area contributed by atoms with Crippen molar-refractivity contribution < 1.29 is 23.8 Å². The molecule has 1 amide bonds. The third-order valence-electron chi connectivity index (χ3n) is 4.82. The van der Waals surface area contributed by atoms with Crippen LogP contribution in [-0.2, 0) is 9.59 Å². The Morgan fingerprint density at radius 3 is 2.50 bits per heavy atom. The lowest BCUT2D eigenvalue weighted by molar-refractivity contribution is -0.139. The average molecular weight is 383 g/mol. The standard InChI is InChI=1S/C22H22FNO4/c1-3-4-12-24-19(15-6-5-7-16(23)13-15)18(21(26)22(24)27)20(25)14-8-10-17(28-2)11-9-14/h5-11,13,19,25H,3-4,12H2,1-2H3/t19-/m1/s1. The van der Waals surface area contributed by atoms with Crippen molar-refractivity contribution in [3.8, 4) is 5.75 Å². The molecule has 0 saturated carbocycles. The topological polar surface area (TPSA) is 66.8 Å². The molecule has 0 aliphatic carbocycles. The number of methoxy groups -OCH3 is 1. The van der Waals surface area contributed by atoms with E-state index in [2.05, 4.69) is 0 Å². The van der Waals surface area contributed by atoms with E-state index < -0.39 is 23.5 Å². The quantitative estimate of drug-likeness (QED) is 0.464. The summed E-state index contributed by atoms with van der Waals surface area (Å²) in [7, 11) is 1.53. The first-order valence-electron chi connectivity index (χ1n) is 9.16. The van der Waals surface area contributed by atoms with Crippen molar-refractivity contribution in [2.75, 3.05) is 13.7 Å². The summed E-state index contributed by atoms with van der Waals surface area (Å²) >= 11 is 0. The number of unbranched alkanes of at least 4 members (excludes halogenated alkanes) is 1. The van der Waals surface area contributed by atoms with Gasteiger partial charge in [-0.2, -0.15) is 0 Å². The molecule has 1 saturated heterocycles. The molecule has 0 spiro atoms. The minimum absolute atomic E-state index is 0.0307. The first kappa shape index (κ1) is 19.6. The fourth-order valence-electron chi connectivity index (χ4n) is 3.37. The maximum absolute atomic E-state index is 13.8. The number of amides is 1. The van der Waals surface area contributed by atoms with Gasteiger partial charge in [-0.15, -0.1) is 0 Å². The molecule has 1 aliphatic rings. The number of aliphatic hydroxyl groups is 1. The normalized spacial score (nSPS) is 18.5. The van der Waals surface area contributed by atoms with Gasteiger partial charge in [-0.25, -0.2) is 4.39 Å². The third kappa shape index (κ3) is 3.63. The zero-order chi connectivity index (χ0) is 20.3. The summed E-state index contributed by atoms with van der Waals surface area (Å²) < 4.78 is 19.0. The van der Waals surface area contributed by atoms with E-state index in [1.807, 2.05) is 6.92 Å². The number of rotatable bonds is 6. The number of benzene rings is 2. The van der Waals surface area contributed by atoms with Gasteiger partial charge in [-0.3, -0.25) is 9.59 Å². The van der Waals surface area contributed by atoms with E-state index in [0.717, 1.165) is 6.42 Å². The Morgan fingerprint density at radius 2 is 1.89 bits per heavy atom. The second-order valence-corrected chi connectivity index (χ2v) is 6.63. The number of ether oxygens (including phenoxy) is 1. The van der Waals surface area contributed by atoms with E-state index in [-0.39, 0.29) is 11.3 Å². The average Bonchev–Trinajstić information content (AvgIpc) is 2.96. The zero-order valence-electron chi connectivity index (χ0n) is 15.8. The summed E-state index contributed by atoms with van der Waals surface area (Å²) in [6, 6.07) is 11.5. The van der Waals surface area contributed by atoms with Crippen LogP contribution in [0.1, 0.15) is 36.9 Å². The largest absolute Gasteiger partial charge is 0.507 e. The molecular weight excluding hydrogens is 361 g/mol. The van der Waals surface area contributed by atoms with Crippen molar-refractivity contribution in [3.63, 3.8) is 0 Å². The number of nitrogens with zero attached hydrogens (tertiary/aromatic N) is 1. The molecule has 1 N–H and O–H groups in total. The number of Topliss-reactive ketones (excluding diaryl/α,β-unsaturated/α-hetero) is 1. The van der Waals surface area contributed by atoms with Crippen molar-refractivity contribution in [1.29, 1.82) is 0 Å². The molecule has 0 aromatic heterocycles. The van der Waals surface area contributed by atoms with Crippen LogP contribution >= 0.6 is 0 Å². The second kappa shape index (κ2) is 8.25. The van der Waals surface area contributed by atoms with Crippen LogP contribution in [0.4, 0.5) is 4.39 Å². The Bertz CT molecular complexity index is 920. The lowest BCUT2D eigenvalue weighted by Crippen LogP contribution is -2.30. The summed E-state index contributed by atoms with van der Waals surface area (Å²) in [5.74, 6) is -1.60. The molecule has 0 bridgehead atoms. The minimum atomic E-state index is -0.829. The van der Waals surface area contributed by atoms with Gasteiger partial charge in [0.2, 0.25) is 0 Å². The van der Waals surface area contributed by atoms with Gasteiger partial charge in [0.25, 0.3) is 11.7 Å². The minimum Gasteiger partial charge on any atom is -0.507 e. The molecule has 6 heteroatoms. The summed E-state index contributed by atoms with van der Waals surface area (Å²) in [5.41, 5.74) is 0.804. The number of halogens is 1. The number of hydrogen-bond donors (Lipinski definition) is 1. The maximum atomic E-state index is 13.8. The number of likely N-dealkylation sites (tertiary alicyclic amines) is 1. The Morgan fingerprint density at radius 1 is 1.18 bits per heavy atom. The summed E-state index contributed by atoms with van der Waals surface area (Å²) in [6.45, 7) is 2.33. The van der Waals surface area contributed by atoms with Gasteiger partial charge >= 0.3 is 0 Å². The van der Waals surface area contributed by atoms with Crippen molar-refractivity contribution in [2.24, 2.45) is 0 Å². The van der Waals surface area contributed by atoms with Crippen LogP contribution in [0, 0.1) is 5.82 Å². The van der Waals surface area contributed by atoms with E-state index in [1.165, 1.54) is 30.2 Å². The van der Waals surface area contributed by atoms with E-state index in [0.29, 0.717) is 29.8 Å².